The van der Waals surface area contributed by atoms with Gasteiger partial charge in [-0.05, 0) is 24.6 Å². The number of aromatic nitrogens is 1. The van der Waals surface area contributed by atoms with Gasteiger partial charge in [-0.3, -0.25) is 19.5 Å². The molecule has 0 aliphatic carbocycles. The summed E-state index contributed by atoms with van der Waals surface area (Å²) >= 11 is 0. The second-order valence-electron chi connectivity index (χ2n) is 6.01. The predicted octanol–water partition coefficient (Wildman–Crippen LogP) is 2.94. The van der Waals surface area contributed by atoms with Crippen molar-refractivity contribution in [3.05, 3.63) is 69.2 Å². The van der Waals surface area contributed by atoms with E-state index >= 15 is 0 Å². The van der Waals surface area contributed by atoms with Gasteiger partial charge in [-0.2, -0.15) is 0 Å². The van der Waals surface area contributed by atoms with Crippen LogP contribution in [-0.4, -0.2) is 28.6 Å². The van der Waals surface area contributed by atoms with E-state index in [0.717, 1.165) is 0 Å². The van der Waals surface area contributed by atoms with Gasteiger partial charge in [0.05, 0.1) is 23.5 Å². The molecule has 1 aromatic heterocycles. The van der Waals surface area contributed by atoms with Gasteiger partial charge >= 0.3 is 11.7 Å². The Kier molecular flexibility index (Phi) is 6.05. The quantitative estimate of drug-likeness (QED) is 0.260. The molecule has 0 bridgehead atoms. The highest BCUT2D eigenvalue weighted by Crippen LogP contribution is 2.22. The Morgan fingerprint density at radius 3 is 2.75 bits per heavy atom. The minimum atomic E-state index is -0.484. The van der Waals surface area contributed by atoms with E-state index in [9.17, 15) is 19.7 Å². The van der Waals surface area contributed by atoms with Gasteiger partial charge in [0.15, 0.2) is 5.58 Å². The minimum absolute atomic E-state index is 0.0475. The van der Waals surface area contributed by atoms with Gasteiger partial charge in [-0.1, -0.05) is 24.3 Å². The molecule has 3 rings (SSSR count). The number of ether oxygens (including phenoxy) is 1. The summed E-state index contributed by atoms with van der Waals surface area (Å²) in [6, 6.07) is 13.3. The van der Waals surface area contributed by atoms with Crippen LogP contribution < -0.4 is 11.1 Å². The molecule has 9 nitrogen and oxygen atoms in total. The SMILES string of the molecule is O=C(CCNc1ccccc1[N+](=O)[O-])OCCCn1c(=O)oc2ccccc21. The predicted molar refractivity (Wildman–Crippen MR) is 102 cm³/mol. The smallest absolute Gasteiger partial charge is 0.419 e. The summed E-state index contributed by atoms with van der Waals surface area (Å²) in [5.41, 5.74) is 1.53. The maximum atomic E-state index is 11.9. The summed E-state index contributed by atoms with van der Waals surface area (Å²) in [6.07, 6.45) is 0.535. The van der Waals surface area contributed by atoms with Crippen molar-refractivity contribution in [2.24, 2.45) is 0 Å². The molecule has 0 aliphatic rings. The van der Waals surface area contributed by atoms with Gasteiger partial charge in [0.1, 0.15) is 5.69 Å². The Morgan fingerprint density at radius 1 is 1.18 bits per heavy atom. The summed E-state index contributed by atoms with van der Waals surface area (Å²) in [7, 11) is 0. The number of nitro benzene ring substituents is 1. The molecule has 0 spiro atoms. The number of esters is 1. The highest BCUT2D eigenvalue weighted by molar-refractivity contribution is 5.72. The average Bonchev–Trinajstić information content (AvgIpc) is 3.00. The molecule has 0 atom stereocenters. The third-order valence-corrected chi connectivity index (χ3v) is 4.11. The first-order chi connectivity index (χ1) is 13.6. The number of benzene rings is 2. The van der Waals surface area contributed by atoms with Gasteiger partial charge in [-0.15, -0.1) is 0 Å². The van der Waals surface area contributed by atoms with Gasteiger partial charge in [0.2, 0.25) is 0 Å². The van der Waals surface area contributed by atoms with Crippen LogP contribution >= 0.6 is 0 Å². The standard InChI is InChI=1S/C19H19N3O6/c23-18(10-11-20-14-6-1-2-7-15(14)22(25)26)27-13-5-12-21-16-8-3-4-9-17(16)28-19(21)24/h1-4,6-9,20H,5,10-13H2. The lowest BCUT2D eigenvalue weighted by Gasteiger charge is -2.08. The fourth-order valence-electron chi connectivity index (χ4n) is 2.79. The molecule has 28 heavy (non-hydrogen) atoms. The van der Waals surface area contributed by atoms with E-state index in [1.54, 1.807) is 36.4 Å². The van der Waals surface area contributed by atoms with Crippen molar-refractivity contribution in [2.75, 3.05) is 18.5 Å². The number of anilines is 1. The molecule has 0 radical (unpaired) electrons. The molecule has 0 amide bonds. The van der Waals surface area contributed by atoms with Crippen LogP contribution in [0.5, 0.6) is 0 Å². The number of nitro groups is 1. The summed E-state index contributed by atoms with van der Waals surface area (Å²) in [5, 5.41) is 13.8. The maximum absolute atomic E-state index is 11.9. The van der Waals surface area contributed by atoms with E-state index in [0.29, 0.717) is 29.8 Å². The number of aryl methyl sites for hydroxylation is 1. The summed E-state index contributed by atoms with van der Waals surface area (Å²) in [6.45, 7) is 0.753. The lowest BCUT2D eigenvalue weighted by molar-refractivity contribution is -0.384. The van der Waals surface area contributed by atoms with Crippen molar-refractivity contribution in [3.8, 4) is 0 Å². The number of fused-ring (bicyclic) bond motifs is 1. The number of nitrogens with zero attached hydrogens (tertiary/aromatic N) is 2. The largest absolute Gasteiger partial charge is 0.466 e. The zero-order chi connectivity index (χ0) is 19.9. The van der Waals surface area contributed by atoms with Crippen LogP contribution in [0.4, 0.5) is 11.4 Å². The third-order valence-electron chi connectivity index (χ3n) is 4.11. The van der Waals surface area contributed by atoms with Crippen molar-refractivity contribution in [1.82, 2.24) is 4.57 Å². The van der Waals surface area contributed by atoms with Crippen molar-refractivity contribution in [1.29, 1.82) is 0 Å². The van der Waals surface area contributed by atoms with Crippen LogP contribution in [0.3, 0.4) is 0 Å². The molecule has 9 heteroatoms. The van der Waals surface area contributed by atoms with E-state index in [4.69, 9.17) is 9.15 Å². The Morgan fingerprint density at radius 2 is 1.93 bits per heavy atom. The third kappa shape index (κ3) is 4.56. The number of hydrogen-bond donors (Lipinski definition) is 1. The summed E-state index contributed by atoms with van der Waals surface area (Å²) in [5.74, 6) is -0.864. The second-order valence-corrected chi connectivity index (χ2v) is 6.01. The second kappa shape index (κ2) is 8.85. The van der Waals surface area contributed by atoms with Crippen LogP contribution in [0.1, 0.15) is 12.8 Å². The number of carbonyl (C=O) groups excluding carboxylic acids is 1. The van der Waals surface area contributed by atoms with E-state index in [1.807, 2.05) is 6.07 Å². The highest BCUT2D eigenvalue weighted by atomic mass is 16.6. The molecule has 0 saturated heterocycles. The summed E-state index contributed by atoms with van der Waals surface area (Å²) < 4.78 is 11.8. The van der Waals surface area contributed by atoms with Crippen LogP contribution in [0.25, 0.3) is 11.1 Å². The number of rotatable bonds is 9. The topological polar surface area (TPSA) is 117 Å². The molecule has 2 aromatic carbocycles. The molecule has 3 aromatic rings. The van der Waals surface area contributed by atoms with E-state index < -0.39 is 16.6 Å². The molecule has 0 fully saturated rings. The fraction of sp³-hybridized carbons (Fsp3) is 0.263. The zero-order valence-electron chi connectivity index (χ0n) is 15.0. The van der Waals surface area contributed by atoms with E-state index in [1.165, 1.54) is 10.6 Å². The molecule has 1 N–H and O–H groups in total. The van der Waals surface area contributed by atoms with Crippen molar-refractivity contribution in [2.45, 2.75) is 19.4 Å². The lowest BCUT2D eigenvalue weighted by atomic mass is 10.2. The van der Waals surface area contributed by atoms with E-state index in [-0.39, 0.29) is 25.3 Å². The highest BCUT2D eigenvalue weighted by Gasteiger charge is 2.12. The molecule has 0 unspecified atom stereocenters. The Hall–Kier alpha value is -3.62. The number of para-hydroxylation sites is 4. The fourth-order valence-corrected chi connectivity index (χ4v) is 2.79. The zero-order valence-corrected chi connectivity index (χ0v) is 15.0. The molecular formula is C19H19N3O6. The van der Waals surface area contributed by atoms with Crippen LogP contribution in [0, 0.1) is 10.1 Å². The Bertz CT molecular complexity index is 1040. The first-order valence-corrected chi connectivity index (χ1v) is 8.77. The molecule has 0 aliphatic heterocycles. The first kappa shape index (κ1) is 19.2. The lowest BCUT2D eigenvalue weighted by Crippen LogP contribution is -2.17. The monoisotopic (exact) mass is 385 g/mol. The molecule has 146 valence electrons. The van der Waals surface area contributed by atoms with Gasteiger partial charge in [-0.25, -0.2) is 4.79 Å². The van der Waals surface area contributed by atoms with E-state index in [2.05, 4.69) is 5.32 Å². The Labute approximate surface area is 159 Å². The normalized spacial score (nSPS) is 10.7. The first-order valence-electron chi connectivity index (χ1n) is 8.77. The number of nitrogens with one attached hydrogen (secondary N) is 1. The number of hydrogen-bond acceptors (Lipinski definition) is 7. The van der Waals surface area contributed by atoms with Gasteiger partial charge in [0.25, 0.3) is 5.69 Å². The van der Waals surface area contributed by atoms with Gasteiger partial charge in [0, 0.05) is 19.2 Å². The van der Waals surface area contributed by atoms with Crippen molar-refractivity contribution in [3.63, 3.8) is 0 Å². The molecule has 0 saturated carbocycles. The number of carbonyl (C=O) groups is 1. The number of oxazole rings is 1. The summed E-state index contributed by atoms with van der Waals surface area (Å²) in [4.78, 5) is 34.1. The van der Waals surface area contributed by atoms with Crippen molar-refractivity contribution >= 4 is 28.4 Å². The molecule has 1 heterocycles. The van der Waals surface area contributed by atoms with Crippen LogP contribution in [0.15, 0.2) is 57.7 Å². The Balaban J connectivity index is 1.41. The van der Waals surface area contributed by atoms with Crippen molar-refractivity contribution < 1.29 is 18.9 Å². The average molecular weight is 385 g/mol. The maximum Gasteiger partial charge on any atom is 0.419 e. The van der Waals surface area contributed by atoms with Crippen LogP contribution in [0.2, 0.25) is 0 Å². The van der Waals surface area contributed by atoms with Crippen LogP contribution in [-0.2, 0) is 16.1 Å². The molecular weight excluding hydrogens is 366 g/mol. The van der Waals surface area contributed by atoms with Gasteiger partial charge < -0.3 is 14.5 Å². The minimum Gasteiger partial charge on any atom is -0.466 e.